The van der Waals surface area contributed by atoms with E-state index in [2.05, 4.69) is 36.5 Å². The maximum atomic E-state index is 12.2. The molecule has 2 aromatic rings. The molecule has 2 N–H and O–H groups in total. The van der Waals surface area contributed by atoms with Gasteiger partial charge < -0.3 is 15.4 Å². The average molecular weight is 393 g/mol. The summed E-state index contributed by atoms with van der Waals surface area (Å²) in [4.78, 5) is 20.8. The van der Waals surface area contributed by atoms with E-state index in [0.29, 0.717) is 30.5 Å². The van der Waals surface area contributed by atoms with Crippen LogP contribution in [0.1, 0.15) is 28.3 Å². The van der Waals surface area contributed by atoms with Crippen molar-refractivity contribution in [3.63, 3.8) is 0 Å². The smallest absolute Gasteiger partial charge is 0.270 e. The lowest BCUT2D eigenvalue weighted by atomic mass is 10.2. The fourth-order valence-electron chi connectivity index (χ4n) is 2.16. The Morgan fingerprint density at radius 2 is 2.04 bits per heavy atom. The zero-order valence-corrected chi connectivity index (χ0v) is 15.6. The molecule has 1 aromatic heterocycles. The van der Waals surface area contributed by atoms with Gasteiger partial charge in [-0.1, -0.05) is 15.9 Å². The molecule has 2 rings (SSSR count). The SMILES string of the molecule is COCCCNC(=O)c1cc(Nc2ccc(Br)cc2C)nc(C)n1. The number of hydrogen-bond acceptors (Lipinski definition) is 5. The van der Waals surface area contributed by atoms with E-state index < -0.39 is 0 Å². The largest absolute Gasteiger partial charge is 0.385 e. The van der Waals surface area contributed by atoms with Gasteiger partial charge in [0.25, 0.3) is 5.91 Å². The van der Waals surface area contributed by atoms with Crippen molar-refractivity contribution in [3.05, 3.63) is 45.8 Å². The summed E-state index contributed by atoms with van der Waals surface area (Å²) in [6, 6.07) is 7.58. The molecule has 1 heterocycles. The van der Waals surface area contributed by atoms with Gasteiger partial charge in [0.05, 0.1) is 0 Å². The third-order valence-electron chi connectivity index (χ3n) is 3.33. The molecule has 7 heteroatoms. The minimum atomic E-state index is -0.216. The van der Waals surface area contributed by atoms with Crippen molar-refractivity contribution in [3.8, 4) is 0 Å². The van der Waals surface area contributed by atoms with E-state index >= 15 is 0 Å². The standard InChI is InChI=1S/C17H21BrN4O2/c1-11-9-13(18)5-6-14(11)22-16-10-15(20-12(2)21-16)17(23)19-7-4-8-24-3/h5-6,9-10H,4,7-8H2,1-3H3,(H,19,23)(H,20,21,22). The number of anilines is 2. The summed E-state index contributed by atoms with van der Waals surface area (Å²) in [5, 5.41) is 6.07. The molecular weight excluding hydrogens is 372 g/mol. The van der Waals surface area contributed by atoms with Gasteiger partial charge in [0.15, 0.2) is 0 Å². The number of aryl methyl sites for hydroxylation is 2. The lowest BCUT2D eigenvalue weighted by Gasteiger charge is -2.11. The summed E-state index contributed by atoms with van der Waals surface area (Å²) in [5.41, 5.74) is 2.35. The van der Waals surface area contributed by atoms with E-state index in [9.17, 15) is 4.79 Å². The van der Waals surface area contributed by atoms with Crippen LogP contribution in [0.3, 0.4) is 0 Å². The second-order valence-corrected chi connectivity index (χ2v) is 6.29. The van der Waals surface area contributed by atoms with Crippen LogP contribution in [0.2, 0.25) is 0 Å². The Bertz CT molecular complexity index is 722. The lowest BCUT2D eigenvalue weighted by molar-refractivity contribution is 0.0943. The van der Waals surface area contributed by atoms with Gasteiger partial charge in [0.1, 0.15) is 17.3 Å². The number of benzene rings is 1. The Kier molecular flexibility index (Phi) is 6.69. The van der Waals surface area contributed by atoms with E-state index in [1.165, 1.54) is 0 Å². The molecule has 1 aromatic carbocycles. The maximum absolute atomic E-state index is 12.2. The second-order valence-electron chi connectivity index (χ2n) is 5.37. The molecule has 0 fully saturated rings. The number of halogens is 1. The second kappa shape index (κ2) is 8.75. The number of carbonyl (C=O) groups excluding carboxylic acids is 1. The fraction of sp³-hybridized carbons (Fsp3) is 0.353. The molecule has 0 spiro atoms. The Morgan fingerprint density at radius 3 is 2.75 bits per heavy atom. The van der Waals surface area contributed by atoms with Crippen LogP contribution in [-0.2, 0) is 4.74 Å². The summed E-state index contributed by atoms with van der Waals surface area (Å²) in [5.74, 6) is 0.916. The number of nitrogens with zero attached hydrogens (tertiary/aromatic N) is 2. The number of carbonyl (C=O) groups is 1. The zero-order valence-electron chi connectivity index (χ0n) is 14.0. The fourth-order valence-corrected chi connectivity index (χ4v) is 2.64. The first-order valence-corrected chi connectivity index (χ1v) is 8.45. The van der Waals surface area contributed by atoms with Crippen LogP contribution in [0.4, 0.5) is 11.5 Å². The van der Waals surface area contributed by atoms with Crippen molar-refractivity contribution in [2.45, 2.75) is 20.3 Å². The van der Waals surface area contributed by atoms with Crippen LogP contribution in [0.25, 0.3) is 0 Å². The van der Waals surface area contributed by atoms with Crippen molar-refractivity contribution in [1.82, 2.24) is 15.3 Å². The molecule has 0 saturated heterocycles. The van der Waals surface area contributed by atoms with Gasteiger partial charge in [-0.25, -0.2) is 9.97 Å². The first-order valence-electron chi connectivity index (χ1n) is 7.65. The number of rotatable bonds is 7. The maximum Gasteiger partial charge on any atom is 0.270 e. The van der Waals surface area contributed by atoms with E-state index in [1.807, 2.05) is 25.1 Å². The molecule has 0 saturated carbocycles. The molecule has 128 valence electrons. The number of nitrogens with one attached hydrogen (secondary N) is 2. The highest BCUT2D eigenvalue weighted by atomic mass is 79.9. The van der Waals surface area contributed by atoms with Crippen LogP contribution in [0.15, 0.2) is 28.7 Å². The van der Waals surface area contributed by atoms with Gasteiger partial charge in [-0.05, 0) is 44.0 Å². The van der Waals surface area contributed by atoms with Gasteiger partial charge in [-0.3, -0.25) is 4.79 Å². The van der Waals surface area contributed by atoms with Crippen molar-refractivity contribution < 1.29 is 9.53 Å². The van der Waals surface area contributed by atoms with Crippen LogP contribution < -0.4 is 10.6 Å². The minimum absolute atomic E-state index is 0.216. The molecule has 0 atom stereocenters. The number of hydrogen-bond donors (Lipinski definition) is 2. The van der Waals surface area contributed by atoms with Gasteiger partial charge in [0.2, 0.25) is 0 Å². The molecule has 24 heavy (non-hydrogen) atoms. The van der Waals surface area contributed by atoms with Gasteiger partial charge >= 0.3 is 0 Å². The summed E-state index contributed by atoms with van der Waals surface area (Å²) in [7, 11) is 1.64. The van der Waals surface area contributed by atoms with E-state index in [0.717, 1.165) is 22.1 Å². The Hall–Kier alpha value is -1.99. The van der Waals surface area contributed by atoms with E-state index in [1.54, 1.807) is 20.1 Å². The predicted molar refractivity (Wildman–Crippen MR) is 97.8 cm³/mol. The van der Waals surface area contributed by atoms with Gasteiger partial charge in [-0.15, -0.1) is 0 Å². The highest BCUT2D eigenvalue weighted by Gasteiger charge is 2.11. The van der Waals surface area contributed by atoms with Crippen LogP contribution in [0.5, 0.6) is 0 Å². The topological polar surface area (TPSA) is 76.1 Å². The van der Waals surface area contributed by atoms with Crippen LogP contribution in [0, 0.1) is 13.8 Å². The quantitative estimate of drug-likeness (QED) is 0.706. The molecule has 6 nitrogen and oxygen atoms in total. The Morgan fingerprint density at radius 1 is 1.25 bits per heavy atom. The predicted octanol–water partition coefficient (Wildman–Crippen LogP) is 3.37. The minimum Gasteiger partial charge on any atom is -0.385 e. The van der Waals surface area contributed by atoms with E-state index in [-0.39, 0.29) is 5.91 Å². The molecule has 0 bridgehead atoms. The summed E-state index contributed by atoms with van der Waals surface area (Å²) in [6.07, 6.45) is 0.759. The highest BCUT2D eigenvalue weighted by Crippen LogP contribution is 2.23. The van der Waals surface area contributed by atoms with Crippen molar-refractivity contribution in [2.75, 3.05) is 25.6 Å². The molecule has 0 unspecified atom stereocenters. The lowest BCUT2D eigenvalue weighted by Crippen LogP contribution is -2.26. The summed E-state index contributed by atoms with van der Waals surface area (Å²) >= 11 is 3.44. The molecule has 0 aliphatic heterocycles. The zero-order chi connectivity index (χ0) is 17.5. The van der Waals surface area contributed by atoms with Crippen LogP contribution >= 0.6 is 15.9 Å². The van der Waals surface area contributed by atoms with Crippen molar-refractivity contribution in [2.24, 2.45) is 0 Å². The van der Waals surface area contributed by atoms with Gasteiger partial charge in [0, 0.05) is 36.5 Å². The number of ether oxygens (including phenoxy) is 1. The Labute approximate surface area is 150 Å². The van der Waals surface area contributed by atoms with Gasteiger partial charge in [-0.2, -0.15) is 0 Å². The molecular formula is C17H21BrN4O2. The summed E-state index contributed by atoms with van der Waals surface area (Å²) in [6.45, 7) is 4.93. The normalized spacial score (nSPS) is 10.5. The first kappa shape index (κ1) is 18.4. The molecule has 0 radical (unpaired) electrons. The molecule has 0 aliphatic rings. The van der Waals surface area contributed by atoms with Crippen molar-refractivity contribution >= 4 is 33.3 Å². The monoisotopic (exact) mass is 392 g/mol. The third-order valence-corrected chi connectivity index (χ3v) is 3.83. The third kappa shape index (κ3) is 5.28. The van der Waals surface area contributed by atoms with E-state index in [4.69, 9.17) is 4.74 Å². The number of aromatic nitrogens is 2. The molecule has 0 aliphatic carbocycles. The summed E-state index contributed by atoms with van der Waals surface area (Å²) < 4.78 is 5.98. The average Bonchev–Trinajstić information content (AvgIpc) is 2.53. The van der Waals surface area contributed by atoms with Crippen molar-refractivity contribution in [1.29, 1.82) is 0 Å². The Balaban J connectivity index is 2.11. The van der Waals surface area contributed by atoms with Crippen LogP contribution in [-0.4, -0.2) is 36.1 Å². The molecule has 1 amide bonds. The number of amides is 1. The number of methoxy groups -OCH3 is 1. The first-order chi connectivity index (χ1) is 11.5. The highest BCUT2D eigenvalue weighted by molar-refractivity contribution is 9.10.